The summed E-state index contributed by atoms with van der Waals surface area (Å²) in [6, 6.07) is 13.5. The normalized spacial score (nSPS) is 10.8. The molecular weight excluding hydrogens is 340 g/mol. The summed E-state index contributed by atoms with van der Waals surface area (Å²) < 4.78 is 0. The van der Waals surface area contributed by atoms with E-state index in [1.165, 1.54) is 0 Å². The highest BCUT2D eigenvalue weighted by atomic mass is 35.5. The fourth-order valence-corrected chi connectivity index (χ4v) is 4.01. The number of nitrogens with zero attached hydrogens (tertiary/aromatic N) is 1. The van der Waals surface area contributed by atoms with E-state index in [4.69, 9.17) is 17.3 Å². The molecule has 0 unspecified atom stereocenters. The molecule has 1 amide bonds. The number of hydrogen-bond donors (Lipinski definition) is 1. The number of aryl methyl sites for hydroxylation is 2. The summed E-state index contributed by atoms with van der Waals surface area (Å²) in [7, 11) is 0. The quantitative estimate of drug-likeness (QED) is 0.732. The SMILES string of the molecule is Cc1cc(-c2sc(Cc3cccc(Cl)c3)nc2C)ccc1C(N)=O. The highest BCUT2D eigenvalue weighted by Crippen LogP contribution is 2.32. The van der Waals surface area contributed by atoms with Crippen molar-refractivity contribution in [2.45, 2.75) is 20.3 Å². The molecular formula is C19H17ClN2OS. The average molecular weight is 357 g/mol. The summed E-state index contributed by atoms with van der Waals surface area (Å²) in [5.74, 6) is -0.401. The summed E-state index contributed by atoms with van der Waals surface area (Å²) >= 11 is 7.71. The molecule has 0 bridgehead atoms. The van der Waals surface area contributed by atoms with E-state index in [0.717, 1.165) is 43.7 Å². The molecule has 0 aliphatic carbocycles. The number of carbonyl (C=O) groups excluding carboxylic acids is 1. The molecule has 3 aromatic rings. The Balaban J connectivity index is 1.92. The van der Waals surface area contributed by atoms with Crippen LogP contribution < -0.4 is 5.73 Å². The molecule has 0 saturated heterocycles. The fraction of sp³-hybridized carbons (Fsp3) is 0.158. The van der Waals surface area contributed by atoms with Crippen molar-refractivity contribution in [3.05, 3.63) is 74.9 Å². The maximum absolute atomic E-state index is 11.4. The molecule has 122 valence electrons. The first kappa shape index (κ1) is 16.7. The lowest BCUT2D eigenvalue weighted by molar-refractivity contribution is 0.1000. The molecule has 0 spiro atoms. The van der Waals surface area contributed by atoms with Crippen LogP contribution in [0.2, 0.25) is 5.02 Å². The maximum Gasteiger partial charge on any atom is 0.248 e. The van der Waals surface area contributed by atoms with Crippen molar-refractivity contribution >= 4 is 28.8 Å². The summed E-state index contributed by atoms with van der Waals surface area (Å²) in [6.45, 7) is 3.90. The minimum atomic E-state index is -0.401. The smallest absolute Gasteiger partial charge is 0.248 e. The number of amides is 1. The summed E-state index contributed by atoms with van der Waals surface area (Å²) in [5.41, 5.74) is 10.0. The van der Waals surface area contributed by atoms with Gasteiger partial charge >= 0.3 is 0 Å². The first-order chi connectivity index (χ1) is 11.4. The third kappa shape index (κ3) is 3.50. The number of benzene rings is 2. The highest BCUT2D eigenvalue weighted by molar-refractivity contribution is 7.15. The molecule has 3 nitrogen and oxygen atoms in total. The average Bonchev–Trinajstić information content (AvgIpc) is 2.87. The largest absolute Gasteiger partial charge is 0.366 e. The van der Waals surface area contributed by atoms with Crippen molar-refractivity contribution < 1.29 is 4.79 Å². The summed E-state index contributed by atoms with van der Waals surface area (Å²) in [5, 5.41) is 1.78. The minimum absolute atomic E-state index is 0.401. The van der Waals surface area contributed by atoms with Crippen molar-refractivity contribution in [3.63, 3.8) is 0 Å². The zero-order chi connectivity index (χ0) is 17.3. The summed E-state index contributed by atoms with van der Waals surface area (Å²) in [4.78, 5) is 17.2. The summed E-state index contributed by atoms with van der Waals surface area (Å²) in [6.07, 6.45) is 0.754. The van der Waals surface area contributed by atoms with Gasteiger partial charge in [-0.1, -0.05) is 29.8 Å². The lowest BCUT2D eigenvalue weighted by Crippen LogP contribution is -2.12. The Morgan fingerprint density at radius 3 is 2.67 bits per heavy atom. The number of primary amides is 1. The number of carbonyl (C=O) groups is 1. The highest BCUT2D eigenvalue weighted by Gasteiger charge is 2.13. The van der Waals surface area contributed by atoms with Gasteiger partial charge in [0.1, 0.15) is 0 Å². The standard InChI is InChI=1S/C19H17ClN2OS/c1-11-8-14(6-7-16(11)19(21)23)18-12(2)22-17(24-18)10-13-4-3-5-15(20)9-13/h3-9H,10H2,1-2H3,(H2,21,23). The molecule has 1 aromatic heterocycles. The first-order valence-electron chi connectivity index (χ1n) is 7.55. The van der Waals surface area contributed by atoms with E-state index in [9.17, 15) is 4.79 Å². The van der Waals surface area contributed by atoms with Crippen LogP contribution in [0.4, 0.5) is 0 Å². The van der Waals surface area contributed by atoms with Crippen molar-refractivity contribution in [3.8, 4) is 10.4 Å². The number of aromatic nitrogens is 1. The van der Waals surface area contributed by atoms with E-state index >= 15 is 0 Å². The Morgan fingerprint density at radius 1 is 1.21 bits per heavy atom. The number of halogens is 1. The minimum Gasteiger partial charge on any atom is -0.366 e. The van der Waals surface area contributed by atoms with Crippen LogP contribution in [0.1, 0.15) is 32.2 Å². The van der Waals surface area contributed by atoms with Crippen LogP contribution >= 0.6 is 22.9 Å². The van der Waals surface area contributed by atoms with Gasteiger partial charge in [0.05, 0.1) is 15.6 Å². The molecule has 24 heavy (non-hydrogen) atoms. The second-order valence-corrected chi connectivity index (χ2v) is 7.24. The number of hydrogen-bond acceptors (Lipinski definition) is 3. The van der Waals surface area contributed by atoms with Crippen molar-refractivity contribution in [2.24, 2.45) is 5.73 Å². The molecule has 5 heteroatoms. The van der Waals surface area contributed by atoms with Gasteiger partial charge in [-0.15, -0.1) is 11.3 Å². The van der Waals surface area contributed by atoms with E-state index in [0.29, 0.717) is 5.56 Å². The Bertz CT molecular complexity index is 917. The van der Waals surface area contributed by atoms with Crippen molar-refractivity contribution in [2.75, 3.05) is 0 Å². The molecule has 0 saturated carbocycles. The number of thiazole rings is 1. The van der Waals surface area contributed by atoms with Gasteiger partial charge in [0, 0.05) is 17.0 Å². The Labute approximate surface area is 150 Å². The third-order valence-corrected chi connectivity index (χ3v) is 5.28. The lowest BCUT2D eigenvalue weighted by atomic mass is 10.0. The van der Waals surface area contributed by atoms with Crippen LogP contribution in [0.15, 0.2) is 42.5 Å². The van der Waals surface area contributed by atoms with E-state index < -0.39 is 5.91 Å². The van der Waals surface area contributed by atoms with Gasteiger partial charge < -0.3 is 5.73 Å². The Hall–Kier alpha value is -2.17. The number of rotatable bonds is 4. The molecule has 0 radical (unpaired) electrons. The van der Waals surface area contributed by atoms with Crippen LogP contribution in [0.25, 0.3) is 10.4 Å². The topological polar surface area (TPSA) is 56.0 Å². The number of nitrogens with two attached hydrogens (primary N) is 1. The van der Waals surface area contributed by atoms with Crippen LogP contribution in [0.5, 0.6) is 0 Å². The van der Waals surface area contributed by atoms with E-state index in [2.05, 4.69) is 4.98 Å². The Morgan fingerprint density at radius 2 is 2.00 bits per heavy atom. The van der Waals surface area contributed by atoms with Gasteiger partial charge in [-0.3, -0.25) is 4.79 Å². The molecule has 0 aliphatic rings. The van der Waals surface area contributed by atoms with Crippen LogP contribution in [-0.2, 0) is 6.42 Å². The predicted octanol–water partition coefficient (Wildman–Crippen LogP) is 4.77. The van der Waals surface area contributed by atoms with Crippen molar-refractivity contribution in [1.82, 2.24) is 4.98 Å². The molecule has 1 heterocycles. The van der Waals surface area contributed by atoms with E-state index in [1.807, 2.05) is 50.2 Å². The van der Waals surface area contributed by atoms with E-state index in [1.54, 1.807) is 17.4 Å². The monoisotopic (exact) mass is 356 g/mol. The molecule has 0 fully saturated rings. The molecule has 2 N–H and O–H groups in total. The zero-order valence-electron chi connectivity index (χ0n) is 13.5. The molecule has 3 rings (SSSR count). The zero-order valence-corrected chi connectivity index (χ0v) is 15.0. The van der Waals surface area contributed by atoms with Gasteiger partial charge in [0.25, 0.3) is 0 Å². The van der Waals surface area contributed by atoms with Crippen LogP contribution in [0, 0.1) is 13.8 Å². The Kier molecular flexibility index (Phi) is 4.69. The van der Waals surface area contributed by atoms with Gasteiger partial charge in [0.2, 0.25) is 5.91 Å². The van der Waals surface area contributed by atoms with Crippen LogP contribution in [0.3, 0.4) is 0 Å². The van der Waals surface area contributed by atoms with Crippen LogP contribution in [-0.4, -0.2) is 10.9 Å². The third-order valence-electron chi connectivity index (χ3n) is 3.84. The lowest BCUT2D eigenvalue weighted by Gasteiger charge is -2.05. The molecule has 0 aliphatic heterocycles. The maximum atomic E-state index is 11.4. The second-order valence-electron chi connectivity index (χ2n) is 5.72. The van der Waals surface area contributed by atoms with Gasteiger partial charge in [0.15, 0.2) is 0 Å². The van der Waals surface area contributed by atoms with Gasteiger partial charge in [-0.05, 0) is 54.8 Å². The first-order valence-corrected chi connectivity index (χ1v) is 8.75. The van der Waals surface area contributed by atoms with Gasteiger partial charge in [-0.2, -0.15) is 0 Å². The van der Waals surface area contributed by atoms with Crippen molar-refractivity contribution in [1.29, 1.82) is 0 Å². The van der Waals surface area contributed by atoms with Gasteiger partial charge in [-0.25, -0.2) is 4.98 Å². The fourth-order valence-electron chi connectivity index (χ4n) is 2.70. The van der Waals surface area contributed by atoms with E-state index in [-0.39, 0.29) is 0 Å². The predicted molar refractivity (Wildman–Crippen MR) is 99.8 cm³/mol. The molecule has 2 aromatic carbocycles. The molecule has 0 atom stereocenters. The second kappa shape index (κ2) is 6.75.